The number of hydrogen-bond donors (Lipinski definition) is 6. The number of hydrogen-bond acceptors (Lipinski definition) is 4. The SMILES string of the molecule is CC[PH](O)(O)O.N=C(N)S. The summed E-state index contributed by atoms with van der Waals surface area (Å²) in [7, 11) is -3.63. The van der Waals surface area contributed by atoms with Crippen LogP contribution in [-0.4, -0.2) is 26.0 Å². The van der Waals surface area contributed by atoms with E-state index in [1.807, 2.05) is 0 Å². The Morgan fingerprint density at radius 1 is 1.60 bits per heavy atom. The molecule has 0 amide bonds. The van der Waals surface area contributed by atoms with Crippen molar-refractivity contribution in [3.8, 4) is 0 Å². The van der Waals surface area contributed by atoms with Gasteiger partial charge in [0.2, 0.25) is 0 Å². The topological polar surface area (TPSA) is 111 Å². The van der Waals surface area contributed by atoms with Crippen LogP contribution in [0.4, 0.5) is 0 Å². The molecule has 0 saturated carbocycles. The zero-order chi connectivity index (χ0) is 8.78. The minimum atomic E-state index is -3.63. The molecule has 0 heterocycles. The third-order valence-corrected chi connectivity index (χ3v) is 1.42. The molecule has 0 saturated heterocycles. The maximum absolute atomic E-state index is 8.08. The Balaban J connectivity index is 0. The Hall–Kier alpha value is 0.130. The first-order valence-corrected chi connectivity index (χ1v) is 4.99. The second kappa shape index (κ2) is 5.88. The van der Waals surface area contributed by atoms with E-state index in [1.54, 1.807) is 0 Å². The van der Waals surface area contributed by atoms with Gasteiger partial charge >= 0.3 is 35.7 Å². The van der Waals surface area contributed by atoms with E-state index in [-0.39, 0.29) is 11.3 Å². The van der Waals surface area contributed by atoms with Crippen LogP contribution in [0.3, 0.4) is 0 Å². The number of thiol groups is 1. The summed E-state index contributed by atoms with van der Waals surface area (Å²) in [6.45, 7) is 1.52. The van der Waals surface area contributed by atoms with Gasteiger partial charge in [-0.05, 0) is 0 Å². The second-order valence-electron chi connectivity index (χ2n) is 1.51. The molecule has 0 aliphatic carbocycles. The molecule has 0 aromatic rings. The minimum absolute atomic E-state index is 0.0764. The fourth-order valence-electron chi connectivity index (χ4n) is 0. The monoisotopic (exact) mass is 188 g/mol. The Morgan fingerprint density at radius 2 is 1.70 bits per heavy atom. The van der Waals surface area contributed by atoms with Crippen LogP contribution in [0.15, 0.2) is 0 Å². The predicted molar refractivity (Wildman–Crippen MR) is 46.4 cm³/mol. The molecule has 0 rings (SSSR count). The standard InChI is InChI=1S/C2H9O3P.CH4N2S/c1-2-6(3,4)5;2-1(3)4/h3-6H,2H2,1H3;(H4,2,3,4). The van der Waals surface area contributed by atoms with Crippen molar-refractivity contribution in [3.05, 3.63) is 0 Å². The molecule has 0 fully saturated rings. The van der Waals surface area contributed by atoms with Crippen molar-refractivity contribution in [2.45, 2.75) is 6.92 Å². The van der Waals surface area contributed by atoms with Crippen molar-refractivity contribution in [3.63, 3.8) is 0 Å². The molecule has 0 radical (unpaired) electrons. The smallest absolute Gasteiger partial charge is 0.147 e. The quantitative estimate of drug-likeness (QED) is 0.141. The molecule has 0 unspecified atom stereocenters. The average molecular weight is 188 g/mol. The largest absolute Gasteiger partial charge is 0.379 e. The summed E-state index contributed by atoms with van der Waals surface area (Å²) in [5.41, 5.74) is 4.56. The van der Waals surface area contributed by atoms with E-state index < -0.39 is 7.94 Å². The van der Waals surface area contributed by atoms with E-state index in [9.17, 15) is 0 Å². The van der Waals surface area contributed by atoms with Crippen molar-refractivity contribution in [1.82, 2.24) is 0 Å². The molecule has 0 bridgehead atoms. The zero-order valence-electron chi connectivity index (χ0n) is 5.57. The molecular formula is C3H13N2O3PS. The summed E-state index contributed by atoms with van der Waals surface area (Å²) >= 11 is 3.33. The molecule has 0 aromatic carbocycles. The minimum Gasteiger partial charge on any atom is -0.379 e. The third kappa shape index (κ3) is 42.2. The first-order valence-electron chi connectivity index (χ1n) is 2.49. The fourth-order valence-corrected chi connectivity index (χ4v) is 0. The van der Waals surface area contributed by atoms with Crippen LogP contribution in [0.5, 0.6) is 0 Å². The van der Waals surface area contributed by atoms with Gasteiger partial charge in [0.15, 0.2) is 0 Å². The first-order chi connectivity index (χ1) is 4.29. The van der Waals surface area contributed by atoms with Gasteiger partial charge in [0, 0.05) is 0 Å². The van der Waals surface area contributed by atoms with Gasteiger partial charge in [-0.25, -0.2) is 0 Å². The van der Waals surface area contributed by atoms with Crippen LogP contribution < -0.4 is 5.73 Å². The number of nitrogens with one attached hydrogen (secondary N) is 1. The first kappa shape index (κ1) is 12.8. The molecule has 6 N–H and O–H groups in total. The van der Waals surface area contributed by atoms with E-state index >= 15 is 0 Å². The third-order valence-electron chi connectivity index (χ3n) is 0.474. The Bertz CT molecular complexity index is 100. The van der Waals surface area contributed by atoms with Gasteiger partial charge < -0.3 is 5.73 Å². The van der Waals surface area contributed by atoms with Gasteiger partial charge in [-0.15, -0.1) is 12.6 Å². The Labute approximate surface area is 65.4 Å². The van der Waals surface area contributed by atoms with Gasteiger partial charge in [0.1, 0.15) is 5.17 Å². The number of rotatable bonds is 1. The maximum Gasteiger partial charge on any atom is 0.147 e. The molecule has 5 nitrogen and oxygen atoms in total. The second-order valence-corrected chi connectivity index (χ2v) is 4.25. The van der Waals surface area contributed by atoms with Crippen molar-refractivity contribution >= 4 is 25.7 Å². The summed E-state index contributed by atoms with van der Waals surface area (Å²) < 4.78 is 0. The molecule has 7 heteroatoms. The van der Waals surface area contributed by atoms with Crippen molar-refractivity contribution in [2.75, 3.05) is 6.16 Å². The normalized spacial score (nSPS) is 11.3. The molecular weight excluding hydrogens is 175 g/mol. The van der Waals surface area contributed by atoms with Crippen molar-refractivity contribution in [1.29, 1.82) is 5.41 Å². The van der Waals surface area contributed by atoms with E-state index in [2.05, 4.69) is 18.4 Å². The van der Waals surface area contributed by atoms with E-state index in [1.165, 1.54) is 6.92 Å². The average Bonchev–Trinajstić information content (AvgIpc) is 1.63. The Morgan fingerprint density at radius 3 is 1.70 bits per heavy atom. The van der Waals surface area contributed by atoms with E-state index in [0.717, 1.165) is 0 Å². The molecule has 0 aliphatic rings. The van der Waals surface area contributed by atoms with Gasteiger partial charge in [0.05, 0.1) is 0 Å². The molecule has 64 valence electrons. The van der Waals surface area contributed by atoms with Crippen LogP contribution in [0.25, 0.3) is 0 Å². The molecule has 0 aliphatic heterocycles. The van der Waals surface area contributed by atoms with Crippen molar-refractivity contribution < 1.29 is 14.7 Å². The van der Waals surface area contributed by atoms with Gasteiger partial charge in [-0.1, -0.05) is 0 Å². The molecule has 10 heavy (non-hydrogen) atoms. The number of nitrogens with two attached hydrogens (primary N) is 1. The molecule has 0 spiro atoms. The van der Waals surface area contributed by atoms with E-state index in [0.29, 0.717) is 0 Å². The summed E-state index contributed by atoms with van der Waals surface area (Å²) in [4.78, 5) is 24.2. The van der Waals surface area contributed by atoms with Crippen LogP contribution in [0.1, 0.15) is 6.92 Å². The van der Waals surface area contributed by atoms with Crippen LogP contribution in [0.2, 0.25) is 0 Å². The Kier molecular flexibility index (Phi) is 7.51. The molecule has 0 aromatic heterocycles. The molecule has 0 atom stereocenters. The van der Waals surface area contributed by atoms with Gasteiger partial charge in [-0.3, -0.25) is 5.41 Å². The van der Waals surface area contributed by atoms with Gasteiger partial charge in [0.25, 0.3) is 0 Å². The number of amidine groups is 1. The van der Waals surface area contributed by atoms with E-state index in [4.69, 9.17) is 20.1 Å². The van der Waals surface area contributed by atoms with Crippen LogP contribution in [-0.2, 0) is 0 Å². The summed E-state index contributed by atoms with van der Waals surface area (Å²) in [5, 5.41) is 6.00. The van der Waals surface area contributed by atoms with Gasteiger partial charge in [-0.2, -0.15) is 0 Å². The van der Waals surface area contributed by atoms with Crippen molar-refractivity contribution in [2.24, 2.45) is 5.73 Å². The summed E-state index contributed by atoms with van der Waals surface area (Å²) in [5.74, 6) is 0. The van der Waals surface area contributed by atoms with Crippen LogP contribution >= 0.6 is 20.6 Å². The van der Waals surface area contributed by atoms with Crippen LogP contribution in [0, 0.1) is 5.41 Å². The predicted octanol–water partition coefficient (Wildman–Crippen LogP) is -0.712. The maximum atomic E-state index is 8.08. The zero-order valence-corrected chi connectivity index (χ0v) is 7.47. The summed E-state index contributed by atoms with van der Waals surface area (Å²) in [6.07, 6.45) is 0.0764. The fraction of sp³-hybridized carbons (Fsp3) is 0.667. The summed E-state index contributed by atoms with van der Waals surface area (Å²) in [6, 6.07) is 0.